The van der Waals surface area contributed by atoms with Gasteiger partial charge < -0.3 is 9.84 Å². The van der Waals surface area contributed by atoms with Gasteiger partial charge >= 0.3 is 5.97 Å². The van der Waals surface area contributed by atoms with Crippen molar-refractivity contribution in [2.75, 3.05) is 13.7 Å². The average molecular weight is 337 g/mol. The van der Waals surface area contributed by atoms with E-state index in [1.54, 1.807) is 44.2 Å². The SMILES string of the molecule is COc1ccc(S(=O)(=O)N(CC(=O)O)C(C)C)c2ccccc12. The Bertz CT molecular complexity index is 829. The number of ether oxygens (including phenoxy) is 1. The molecule has 1 N–H and O–H groups in total. The molecule has 2 rings (SSSR count). The molecule has 0 aliphatic heterocycles. The molecule has 0 spiro atoms. The number of hydrogen-bond donors (Lipinski definition) is 1. The first-order valence-electron chi connectivity index (χ1n) is 7.08. The van der Waals surface area contributed by atoms with Crippen LogP contribution in [0, 0.1) is 0 Å². The molecule has 124 valence electrons. The van der Waals surface area contributed by atoms with Gasteiger partial charge in [-0.3, -0.25) is 4.79 Å². The van der Waals surface area contributed by atoms with Crippen LogP contribution in [0.25, 0.3) is 10.8 Å². The lowest BCUT2D eigenvalue weighted by Gasteiger charge is -2.25. The van der Waals surface area contributed by atoms with E-state index in [0.29, 0.717) is 16.5 Å². The van der Waals surface area contributed by atoms with Crippen LogP contribution >= 0.6 is 0 Å². The molecule has 0 aliphatic rings. The van der Waals surface area contributed by atoms with Crippen LogP contribution < -0.4 is 4.74 Å². The van der Waals surface area contributed by atoms with E-state index in [1.807, 2.05) is 0 Å². The fourth-order valence-electron chi connectivity index (χ4n) is 2.45. The van der Waals surface area contributed by atoms with Crippen LogP contribution in [0.2, 0.25) is 0 Å². The average Bonchev–Trinajstić information content (AvgIpc) is 2.50. The van der Waals surface area contributed by atoms with Crippen molar-refractivity contribution in [1.82, 2.24) is 4.31 Å². The van der Waals surface area contributed by atoms with Crippen LogP contribution in [-0.2, 0) is 14.8 Å². The molecule has 0 aromatic heterocycles. The molecule has 0 atom stereocenters. The second-order valence-electron chi connectivity index (χ2n) is 5.35. The Labute approximate surface area is 135 Å². The molecule has 0 saturated heterocycles. The predicted molar refractivity (Wildman–Crippen MR) is 87.2 cm³/mol. The topological polar surface area (TPSA) is 83.9 Å². The summed E-state index contributed by atoms with van der Waals surface area (Å²) < 4.78 is 32.1. The van der Waals surface area contributed by atoms with Crippen molar-refractivity contribution in [1.29, 1.82) is 0 Å². The molecule has 0 aliphatic carbocycles. The van der Waals surface area contributed by atoms with Crippen LogP contribution in [0.3, 0.4) is 0 Å². The van der Waals surface area contributed by atoms with Crippen LogP contribution in [0.5, 0.6) is 5.75 Å². The fourth-order valence-corrected chi connectivity index (χ4v) is 4.24. The molecule has 2 aromatic carbocycles. The molecule has 0 unspecified atom stereocenters. The minimum Gasteiger partial charge on any atom is -0.496 e. The molecule has 0 saturated carbocycles. The summed E-state index contributed by atoms with van der Waals surface area (Å²) in [5.41, 5.74) is 0. The lowest BCUT2D eigenvalue weighted by atomic mass is 10.1. The van der Waals surface area contributed by atoms with Crippen molar-refractivity contribution in [3.8, 4) is 5.75 Å². The van der Waals surface area contributed by atoms with E-state index in [-0.39, 0.29) is 4.90 Å². The van der Waals surface area contributed by atoms with Crippen molar-refractivity contribution >= 4 is 26.8 Å². The molecule has 0 fully saturated rings. The van der Waals surface area contributed by atoms with Crippen LogP contribution in [-0.4, -0.2) is 43.5 Å². The van der Waals surface area contributed by atoms with Gasteiger partial charge in [0.05, 0.1) is 12.0 Å². The number of methoxy groups -OCH3 is 1. The second kappa shape index (κ2) is 6.55. The molecule has 2 aromatic rings. The molecule has 0 radical (unpaired) electrons. The maximum Gasteiger partial charge on any atom is 0.318 e. The molecule has 7 heteroatoms. The second-order valence-corrected chi connectivity index (χ2v) is 7.21. The van der Waals surface area contributed by atoms with Gasteiger partial charge in [0.1, 0.15) is 12.3 Å². The maximum absolute atomic E-state index is 12.9. The number of carbonyl (C=O) groups is 1. The summed E-state index contributed by atoms with van der Waals surface area (Å²) in [5, 5.41) is 10.2. The number of fused-ring (bicyclic) bond motifs is 1. The van der Waals surface area contributed by atoms with E-state index in [0.717, 1.165) is 4.31 Å². The number of carboxylic acids is 1. The van der Waals surface area contributed by atoms with Gasteiger partial charge in [0, 0.05) is 16.8 Å². The highest BCUT2D eigenvalue weighted by Crippen LogP contribution is 2.32. The summed E-state index contributed by atoms with van der Waals surface area (Å²) in [6, 6.07) is 9.53. The van der Waals surface area contributed by atoms with Crippen molar-refractivity contribution < 1.29 is 23.1 Å². The third-order valence-electron chi connectivity index (χ3n) is 3.52. The van der Waals surface area contributed by atoms with Crippen molar-refractivity contribution in [3.63, 3.8) is 0 Å². The summed E-state index contributed by atoms with van der Waals surface area (Å²) in [4.78, 5) is 11.1. The smallest absolute Gasteiger partial charge is 0.318 e. The molecule has 0 heterocycles. The van der Waals surface area contributed by atoms with E-state index in [9.17, 15) is 13.2 Å². The fraction of sp³-hybridized carbons (Fsp3) is 0.312. The molecule has 0 bridgehead atoms. The van der Waals surface area contributed by atoms with Gasteiger partial charge in [-0.15, -0.1) is 0 Å². The highest BCUT2D eigenvalue weighted by atomic mass is 32.2. The number of sulfonamides is 1. The number of nitrogens with zero attached hydrogens (tertiary/aromatic N) is 1. The summed E-state index contributed by atoms with van der Waals surface area (Å²) in [6.45, 7) is 2.71. The normalized spacial score (nSPS) is 12.0. The van der Waals surface area contributed by atoms with E-state index >= 15 is 0 Å². The van der Waals surface area contributed by atoms with E-state index in [1.165, 1.54) is 13.2 Å². The highest BCUT2D eigenvalue weighted by molar-refractivity contribution is 7.89. The van der Waals surface area contributed by atoms with Gasteiger partial charge in [-0.05, 0) is 26.0 Å². The standard InChI is InChI=1S/C16H19NO5S/c1-11(2)17(10-16(18)19)23(20,21)15-9-8-14(22-3)12-6-4-5-7-13(12)15/h4-9,11H,10H2,1-3H3,(H,18,19). The van der Waals surface area contributed by atoms with Crippen molar-refractivity contribution in [2.24, 2.45) is 0 Å². The minimum absolute atomic E-state index is 0.0730. The quantitative estimate of drug-likeness (QED) is 0.874. The first kappa shape index (κ1) is 17.2. The highest BCUT2D eigenvalue weighted by Gasteiger charge is 2.30. The molecule has 23 heavy (non-hydrogen) atoms. The zero-order valence-electron chi connectivity index (χ0n) is 13.2. The number of hydrogen-bond acceptors (Lipinski definition) is 4. The molecule has 6 nitrogen and oxygen atoms in total. The summed E-state index contributed by atoms with van der Waals surface area (Å²) in [5.74, 6) is -0.631. The zero-order valence-corrected chi connectivity index (χ0v) is 14.0. The lowest BCUT2D eigenvalue weighted by Crippen LogP contribution is -2.40. The zero-order chi connectivity index (χ0) is 17.2. The summed E-state index contributed by atoms with van der Waals surface area (Å²) >= 11 is 0. The Hall–Kier alpha value is -2.12. The van der Waals surface area contributed by atoms with Gasteiger partial charge in [-0.1, -0.05) is 24.3 Å². The predicted octanol–water partition coefficient (Wildman–Crippen LogP) is 2.33. The van der Waals surface area contributed by atoms with Gasteiger partial charge in [-0.25, -0.2) is 8.42 Å². The van der Waals surface area contributed by atoms with Gasteiger partial charge in [0.2, 0.25) is 10.0 Å². The third-order valence-corrected chi connectivity index (χ3v) is 5.60. The first-order chi connectivity index (χ1) is 10.8. The van der Waals surface area contributed by atoms with Crippen LogP contribution in [0.4, 0.5) is 0 Å². The van der Waals surface area contributed by atoms with Crippen molar-refractivity contribution in [3.05, 3.63) is 36.4 Å². The largest absolute Gasteiger partial charge is 0.496 e. The number of carboxylic acid groups (broad SMARTS) is 1. The van der Waals surface area contributed by atoms with Crippen LogP contribution in [0.15, 0.2) is 41.3 Å². The van der Waals surface area contributed by atoms with Crippen LogP contribution in [0.1, 0.15) is 13.8 Å². The minimum atomic E-state index is -3.95. The molecule has 0 amide bonds. The van der Waals surface area contributed by atoms with Crippen molar-refractivity contribution in [2.45, 2.75) is 24.8 Å². The number of rotatable bonds is 6. The van der Waals surface area contributed by atoms with E-state index in [2.05, 4.69) is 0 Å². The molecular formula is C16H19NO5S. The summed E-state index contributed by atoms with van der Waals surface area (Å²) in [6.07, 6.45) is 0. The van der Waals surface area contributed by atoms with Gasteiger partial charge in [0.15, 0.2) is 0 Å². The lowest BCUT2D eigenvalue weighted by molar-refractivity contribution is -0.137. The molecular weight excluding hydrogens is 318 g/mol. The maximum atomic E-state index is 12.9. The van der Waals surface area contributed by atoms with E-state index < -0.39 is 28.6 Å². The first-order valence-corrected chi connectivity index (χ1v) is 8.52. The van der Waals surface area contributed by atoms with Gasteiger partial charge in [0.25, 0.3) is 0 Å². The van der Waals surface area contributed by atoms with Gasteiger partial charge in [-0.2, -0.15) is 4.31 Å². The van der Waals surface area contributed by atoms with E-state index in [4.69, 9.17) is 9.84 Å². The monoisotopic (exact) mass is 337 g/mol. The Balaban J connectivity index is 2.69. The number of benzene rings is 2. The Kier molecular flexibility index (Phi) is 4.91. The Morgan fingerprint density at radius 1 is 1.17 bits per heavy atom. The Morgan fingerprint density at radius 2 is 1.78 bits per heavy atom. The number of aliphatic carboxylic acids is 1. The summed E-state index contributed by atoms with van der Waals surface area (Å²) in [7, 11) is -2.44. The Morgan fingerprint density at radius 3 is 2.30 bits per heavy atom. The third kappa shape index (κ3) is 3.30.